The predicted molar refractivity (Wildman–Crippen MR) is 96.3 cm³/mol. The fourth-order valence-electron chi connectivity index (χ4n) is 3.42. The Morgan fingerprint density at radius 2 is 1.87 bits per heavy atom. The minimum absolute atomic E-state index is 0.0997. The van der Waals surface area contributed by atoms with E-state index in [4.69, 9.17) is 0 Å². The summed E-state index contributed by atoms with van der Waals surface area (Å²) in [7, 11) is 0. The van der Waals surface area contributed by atoms with Crippen LogP contribution in [0.1, 0.15) is 39.2 Å². The molecule has 2 rings (SSSR count). The third kappa shape index (κ3) is 5.35. The Morgan fingerprint density at radius 3 is 2.43 bits per heavy atom. The van der Waals surface area contributed by atoms with E-state index in [2.05, 4.69) is 55.3 Å². The zero-order chi connectivity index (χ0) is 16.7. The average molecular weight is 316 g/mol. The van der Waals surface area contributed by atoms with E-state index in [0.29, 0.717) is 11.8 Å². The average Bonchev–Trinajstić information content (AvgIpc) is 2.58. The third-order valence-corrected chi connectivity index (χ3v) is 5.03. The van der Waals surface area contributed by atoms with Crippen LogP contribution in [-0.4, -0.2) is 37.0 Å². The summed E-state index contributed by atoms with van der Waals surface area (Å²) in [5.41, 5.74) is 1.27. The summed E-state index contributed by atoms with van der Waals surface area (Å²) in [6, 6.07) is 10.4. The quantitative estimate of drug-likeness (QED) is 0.836. The number of carbonyl (C=O) groups is 1. The van der Waals surface area contributed by atoms with Gasteiger partial charge in [0.15, 0.2) is 0 Å². The van der Waals surface area contributed by atoms with Crippen molar-refractivity contribution < 1.29 is 4.79 Å². The number of nitrogens with zero attached hydrogens (tertiary/aromatic N) is 1. The number of hydrogen-bond donors (Lipinski definition) is 1. The lowest BCUT2D eigenvalue weighted by molar-refractivity contribution is -0.138. The van der Waals surface area contributed by atoms with Crippen LogP contribution < -0.4 is 5.32 Å². The van der Waals surface area contributed by atoms with Gasteiger partial charge < -0.3 is 10.2 Å². The molecule has 3 heteroatoms. The molecule has 1 aliphatic heterocycles. The molecule has 1 aromatic carbocycles. The van der Waals surface area contributed by atoms with Crippen molar-refractivity contribution in [3.8, 4) is 0 Å². The van der Waals surface area contributed by atoms with E-state index in [9.17, 15) is 4.79 Å². The van der Waals surface area contributed by atoms with Gasteiger partial charge in [0, 0.05) is 19.0 Å². The lowest BCUT2D eigenvalue weighted by Gasteiger charge is -2.35. The van der Waals surface area contributed by atoms with E-state index in [1.807, 2.05) is 6.07 Å². The van der Waals surface area contributed by atoms with E-state index in [-0.39, 0.29) is 5.92 Å². The molecule has 1 unspecified atom stereocenters. The standard InChI is InChI=1S/C20H32N2O/c1-4-21-15-18-10-12-22(13-11-18)20(23)19(16(2)3)14-17-8-6-5-7-9-17/h5-9,16,18-19,21H,4,10-15H2,1-3H3. The molecule has 1 amide bonds. The minimum atomic E-state index is 0.0997. The summed E-state index contributed by atoms with van der Waals surface area (Å²) < 4.78 is 0. The molecule has 1 atom stereocenters. The summed E-state index contributed by atoms with van der Waals surface area (Å²) in [5.74, 6) is 1.56. The van der Waals surface area contributed by atoms with E-state index >= 15 is 0 Å². The first-order valence-corrected chi connectivity index (χ1v) is 9.15. The first-order chi connectivity index (χ1) is 11.1. The van der Waals surface area contributed by atoms with Gasteiger partial charge >= 0.3 is 0 Å². The van der Waals surface area contributed by atoms with Gasteiger partial charge in [-0.15, -0.1) is 0 Å². The molecular formula is C20H32N2O. The van der Waals surface area contributed by atoms with Crippen LogP contribution in [0.2, 0.25) is 0 Å². The molecule has 1 heterocycles. The third-order valence-electron chi connectivity index (χ3n) is 5.03. The van der Waals surface area contributed by atoms with E-state index < -0.39 is 0 Å². The zero-order valence-electron chi connectivity index (χ0n) is 14.9. The molecule has 1 N–H and O–H groups in total. The van der Waals surface area contributed by atoms with Crippen molar-refractivity contribution in [2.24, 2.45) is 17.8 Å². The highest BCUT2D eigenvalue weighted by Crippen LogP contribution is 2.24. The maximum absolute atomic E-state index is 13.0. The molecule has 23 heavy (non-hydrogen) atoms. The SMILES string of the molecule is CCNCC1CCN(C(=O)C(Cc2ccccc2)C(C)C)CC1. The molecule has 1 aliphatic rings. The van der Waals surface area contributed by atoms with E-state index in [1.54, 1.807) is 0 Å². The lowest BCUT2D eigenvalue weighted by Crippen LogP contribution is -2.45. The van der Waals surface area contributed by atoms with Crippen LogP contribution in [0.3, 0.4) is 0 Å². The van der Waals surface area contributed by atoms with Gasteiger partial charge in [0.2, 0.25) is 5.91 Å². The largest absolute Gasteiger partial charge is 0.342 e. The Morgan fingerprint density at radius 1 is 1.22 bits per heavy atom. The van der Waals surface area contributed by atoms with Crippen LogP contribution in [0, 0.1) is 17.8 Å². The Kier molecular flexibility index (Phi) is 7.10. The molecule has 1 saturated heterocycles. The second-order valence-electron chi connectivity index (χ2n) is 7.12. The highest BCUT2D eigenvalue weighted by Gasteiger charge is 2.30. The summed E-state index contributed by atoms with van der Waals surface area (Å²) in [4.78, 5) is 15.1. The molecule has 3 nitrogen and oxygen atoms in total. The van der Waals surface area contributed by atoms with Crippen molar-refractivity contribution in [3.63, 3.8) is 0 Å². The number of carbonyl (C=O) groups excluding carboxylic acids is 1. The molecule has 1 aromatic rings. The van der Waals surface area contributed by atoms with Gasteiger partial charge in [-0.25, -0.2) is 0 Å². The predicted octanol–water partition coefficient (Wildman–Crippen LogP) is 3.35. The molecule has 128 valence electrons. The molecule has 0 radical (unpaired) electrons. The van der Waals surface area contributed by atoms with Gasteiger partial charge in [0.25, 0.3) is 0 Å². The Labute approximate surface area is 141 Å². The number of hydrogen-bond acceptors (Lipinski definition) is 2. The normalized spacial score (nSPS) is 17.5. The van der Waals surface area contributed by atoms with Crippen molar-refractivity contribution >= 4 is 5.91 Å². The van der Waals surface area contributed by atoms with Crippen LogP contribution in [0.25, 0.3) is 0 Å². The number of benzene rings is 1. The molecule has 0 bridgehead atoms. The van der Waals surface area contributed by atoms with Crippen LogP contribution >= 0.6 is 0 Å². The topological polar surface area (TPSA) is 32.3 Å². The second-order valence-corrected chi connectivity index (χ2v) is 7.12. The Bertz CT molecular complexity index is 464. The summed E-state index contributed by atoms with van der Waals surface area (Å²) in [6.07, 6.45) is 3.12. The Hall–Kier alpha value is -1.35. The number of piperidine rings is 1. The molecule has 0 spiro atoms. The first kappa shape index (κ1) is 18.0. The summed E-state index contributed by atoms with van der Waals surface area (Å²) in [5, 5.41) is 3.43. The fraction of sp³-hybridized carbons (Fsp3) is 0.650. The van der Waals surface area contributed by atoms with Gasteiger partial charge in [0.1, 0.15) is 0 Å². The zero-order valence-corrected chi connectivity index (χ0v) is 14.9. The smallest absolute Gasteiger partial charge is 0.226 e. The second kappa shape index (κ2) is 9.07. The number of amides is 1. The molecule has 1 fully saturated rings. The fourth-order valence-corrected chi connectivity index (χ4v) is 3.42. The van der Waals surface area contributed by atoms with Crippen molar-refractivity contribution in [2.45, 2.75) is 40.0 Å². The lowest BCUT2D eigenvalue weighted by atomic mass is 9.86. The first-order valence-electron chi connectivity index (χ1n) is 9.15. The summed E-state index contributed by atoms with van der Waals surface area (Å²) in [6.45, 7) is 10.5. The maximum atomic E-state index is 13.0. The highest BCUT2D eigenvalue weighted by molar-refractivity contribution is 5.79. The van der Waals surface area contributed by atoms with Gasteiger partial charge in [-0.05, 0) is 49.8 Å². The van der Waals surface area contributed by atoms with Crippen molar-refractivity contribution in [3.05, 3.63) is 35.9 Å². The van der Waals surface area contributed by atoms with Gasteiger partial charge in [-0.3, -0.25) is 4.79 Å². The minimum Gasteiger partial charge on any atom is -0.342 e. The van der Waals surface area contributed by atoms with Crippen molar-refractivity contribution in [1.82, 2.24) is 10.2 Å². The molecule has 0 saturated carbocycles. The molecule has 0 aromatic heterocycles. The highest BCUT2D eigenvalue weighted by atomic mass is 16.2. The van der Waals surface area contributed by atoms with Gasteiger partial charge in [-0.1, -0.05) is 51.1 Å². The summed E-state index contributed by atoms with van der Waals surface area (Å²) >= 11 is 0. The van der Waals surface area contributed by atoms with E-state index in [1.165, 1.54) is 5.56 Å². The van der Waals surface area contributed by atoms with Crippen LogP contribution in [0.5, 0.6) is 0 Å². The van der Waals surface area contributed by atoms with Crippen LogP contribution in [0.15, 0.2) is 30.3 Å². The number of likely N-dealkylation sites (tertiary alicyclic amines) is 1. The molecular weight excluding hydrogens is 284 g/mol. The Balaban J connectivity index is 1.91. The van der Waals surface area contributed by atoms with E-state index in [0.717, 1.165) is 51.4 Å². The maximum Gasteiger partial charge on any atom is 0.226 e. The van der Waals surface area contributed by atoms with Crippen LogP contribution in [-0.2, 0) is 11.2 Å². The van der Waals surface area contributed by atoms with Crippen molar-refractivity contribution in [1.29, 1.82) is 0 Å². The van der Waals surface area contributed by atoms with Crippen molar-refractivity contribution in [2.75, 3.05) is 26.2 Å². The van der Waals surface area contributed by atoms with Gasteiger partial charge in [0.05, 0.1) is 0 Å². The number of rotatable bonds is 7. The van der Waals surface area contributed by atoms with Crippen LogP contribution in [0.4, 0.5) is 0 Å². The monoisotopic (exact) mass is 316 g/mol. The van der Waals surface area contributed by atoms with Gasteiger partial charge in [-0.2, -0.15) is 0 Å². The molecule has 0 aliphatic carbocycles. The number of nitrogens with one attached hydrogen (secondary N) is 1.